The van der Waals surface area contributed by atoms with E-state index in [0.717, 1.165) is 10.2 Å². The number of rotatable bonds is 1. The Morgan fingerprint density at radius 2 is 2.30 bits per heavy atom. The second kappa shape index (κ2) is 3.88. The molecule has 10 heavy (non-hydrogen) atoms. The van der Waals surface area contributed by atoms with Crippen LogP contribution in [0.15, 0.2) is 27.9 Å². The lowest BCUT2D eigenvalue weighted by molar-refractivity contribution is 1.26. The molecule has 0 saturated heterocycles. The van der Waals surface area contributed by atoms with Gasteiger partial charge >= 0.3 is 0 Å². The molecule has 1 nitrogen and oxygen atoms in total. The number of hydrogen-bond acceptors (Lipinski definition) is 1. The summed E-state index contributed by atoms with van der Waals surface area (Å²) in [5, 5.41) is 0. The average molecular weight is 263 g/mol. The summed E-state index contributed by atoms with van der Waals surface area (Å²) in [5.74, 6) is 0. The van der Waals surface area contributed by atoms with E-state index in [-0.39, 0.29) is 0 Å². The van der Waals surface area contributed by atoms with Crippen molar-refractivity contribution in [3.05, 3.63) is 33.5 Å². The lowest BCUT2D eigenvalue weighted by Crippen LogP contribution is -1.77. The van der Waals surface area contributed by atoms with E-state index in [1.165, 1.54) is 0 Å². The van der Waals surface area contributed by atoms with Gasteiger partial charge in [-0.3, -0.25) is 0 Å². The molecule has 52 valence electrons. The average Bonchev–Trinajstić information content (AvgIpc) is 1.94. The van der Waals surface area contributed by atoms with Crippen LogP contribution in [0.3, 0.4) is 0 Å². The molecular weight excluding hydrogens is 258 g/mol. The van der Waals surface area contributed by atoms with Crippen molar-refractivity contribution in [3.8, 4) is 0 Å². The molecule has 0 fully saturated rings. The van der Waals surface area contributed by atoms with Crippen LogP contribution in [-0.2, 0) is 0 Å². The van der Waals surface area contributed by atoms with Crippen LogP contribution in [0.5, 0.6) is 0 Å². The molecule has 0 saturated carbocycles. The van der Waals surface area contributed by atoms with Crippen LogP contribution in [0.2, 0.25) is 0 Å². The van der Waals surface area contributed by atoms with Crippen molar-refractivity contribution in [2.24, 2.45) is 0 Å². The predicted octanol–water partition coefficient (Wildman–Crippen LogP) is 3.21. The molecule has 1 rings (SSSR count). The summed E-state index contributed by atoms with van der Waals surface area (Å²) >= 11 is 6.51. The first kappa shape index (κ1) is 7.95. The van der Waals surface area contributed by atoms with Crippen LogP contribution in [0.4, 0.5) is 0 Å². The zero-order valence-electron chi connectivity index (χ0n) is 5.09. The number of halogens is 2. The van der Waals surface area contributed by atoms with Crippen molar-refractivity contribution in [1.82, 2.24) is 4.98 Å². The summed E-state index contributed by atoms with van der Waals surface area (Å²) in [5.41, 5.74) is 1.07. The molecule has 0 bridgehead atoms. The zero-order valence-corrected chi connectivity index (χ0v) is 8.26. The fourth-order valence-electron chi connectivity index (χ4n) is 0.591. The Hall–Kier alpha value is -0.150. The molecule has 0 spiro atoms. The molecule has 0 amide bonds. The summed E-state index contributed by atoms with van der Waals surface area (Å²) in [6.45, 7) is 0. The quantitative estimate of drug-likeness (QED) is 0.709. The summed E-state index contributed by atoms with van der Waals surface area (Å²) in [6, 6.07) is 3.88. The Kier molecular flexibility index (Phi) is 3.09. The number of hydrogen-bond donors (Lipinski definition) is 0. The van der Waals surface area contributed by atoms with Crippen LogP contribution in [0, 0.1) is 0 Å². The molecule has 0 atom stereocenters. The van der Waals surface area contributed by atoms with E-state index in [4.69, 9.17) is 0 Å². The maximum absolute atomic E-state index is 4.04. The fraction of sp³-hybridized carbons (Fsp3) is 0. The van der Waals surface area contributed by atoms with Gasteiger partial charge in [-0.1, -0.05) is 22.0 Å². The van der Waals surface area contributed by atoms with Gasteiger partial charge in [0.25, 0.3) is 0 Å². The normalized spacial score (nSPS) is 10.6. The topological polar surface area (TPSA) is 12.9 Å². The van der Waals surface area contributed by atoms with Gasteiger partial charge in [-0.05, 0) is 33.1 Å². The van der Waals surface area contributed by atoms with E-state index in [9.17, 15) is 0 Å². The number of pyridine rings is 1. The Labute approximate surface area is 76.4 Å². The van der Waals surface area contributed by atoms with Crippen LogP contribution in [-0.4, -0.2) is 4.98 Å². The third-order valence-corrected chi connectivity index (χ3v) is 1.96. The van der Waals surface area contributed by atoms with E-state index in [1.807, 2.05) is 18.2 Å². The van der Waals surface area contributed by atoms with Crippen LogP contribution in [0.1, 0.15) is 5.56 Å². The van der Waals surface area contributed by atoms with Gasteiger partial charge in [0.2, 0.25) is 0 Å². The summed E-state index contributed by atoms with van der Waals surface area (Å²) in [6.07, 6.45) is 3.67. The summed E-state index contributed by atoms with van der Waals surface area (Å²) < 4.78 is 0.866. The fourth-order valence-corrected chi connectivity index (χ4v) is 1.26. The van der Waals surface area contributed by atoms with Crippen molar-refractivity contribution in [3.63, 3.8) is 0 Å². The lowest BCUT2D eigenvalue weighted by Gasteiger charge is -1.92. The van der Waals surface area contributed by atoms with Crippen LogP contribution < -0.4 is 0 Å². The third kappa shape index (κ3) is 1.92. The molecule has 0 radical (unpaired) electrons. The Balaban J connectivity index is 3.03. The minimum absolute atomic E-state index is 0.866. The standard InChI is InChI=1S/C7H5Br2N/c8-4-3-6-2-1-5-10-7(6)9/h1-5H. The Bertz CT molecular complexity index is 245. The molecule has 0 N–H and O–H groups in total. The lowest BCUT2D eigenvalue weighted by atomic mass is 10.3. The molecule has 3 heteroatoms. The van der Waals surface area contributed by atoms with Gasteiger partial charge in [0, 0.05) is 11.8 Å². The first-order chi connectivity index (χ1) is 4.84. The second-order valence-corrected chi connectivity index (χ2v) is 2.96. The first-order valence-corrected chi connectivity index (χ1v) is 4.43. The van der Waals surface area contributed by atoms with Crippen LogP contribution in [0.25, 0.3) is 6.08 Å². The Morgan fingerprint density at radius 1 is 1.50 bits per heavy atom. The van der Waals surface area contributed by atoms with Gasteiger partial charge in [0.1, 0.15) is 4.60 Å². The van der Waals surface area contributed by atoms with Crippen molar-refractivity contribution in [2.75, 3.05) is 0 Å². The van der Waals surface area contributed by atoms with E-state index >= 15 is 0 Å². The van der Waals surface area contributed by atoms with E-state index in [0.29, 0.717) is 0 Å². The molecule has 1 aromatic heterocycles. The molecule has 1 aromatic rings. The van der Waals surface area contributed by atoms with Crippen molar-refractivity contribution in [1.29, 1.82) is 0 Å². The van der Waals surface area contributed by atoms with Crippen LogP contribution >= 0.6 is 31.9 Å². The van der Waals surface area contributed by atoms with Gasteiger partial charge in [0.15, 0.2) is 0 Å². The molecule has 1 heterocycles. The minimum Gasteiger partial charge on any atom is -0.249 e. The molecule has 0 aliphatic heterocycles. The highest BCUT2D eigenvalue weighted by Gasteiger charge is 1.91. The number of nitrogens with zero attached hydrogens (tertiary/aromatic N) is 1. The molecule has 0 aliphatic carbocycles. The summed E-state index contributed by atoms with van der Waals surface area (Å²) in [4.78, 5) is 5.84. The monoisotopic (exact) mass is 261 g/mol. The maximum atomic E-state index is 4.04. The van der Waals surface area contributed by atoms with Gasteiger partial charge < -0.3 is 0 Å². The van der Waals surface area contributed by atoms with Gasteiger partial charge in [-0.2, -0.15) is 0 Å². The highest BCUT2D eigenvalue weighted by molar-refractivity contribution is 9.11. The molecule has 0 aromatic carbocycles. The minimum atomic E-state index is 0.866. The predicted molar refractivity (Wildman–Crippen MR) is 49.9 cm³/mol. The van der Waals surface area contributed by atoms with E-state index in [1.54, 1.807) is 11.2 Å². The van der Waals surface area contributed by atoms with Crippen molar-refractivity contribution >= 4 is 37.9 Å². The molecular formula is C7H5Br2N. The van der Waals surface area contributed by atoms with Gasteiger partial charge in [-0.25, -0.2) is 4.98 Å². The largest absolute Gasteiger partial charge is 0.249 e. The highest BCUT2D eigenvalue weighted by Crippen LogP contribution is 2.14. The Morgan fingerprint density at radius 3 is 2.90 bits per heavy atom. The maximum Gasteiger partial charge on any atom is 0.113 e. The van der Waals surface area contributed by atoms with E-state index in [2.05, 4.69) is 36.8 Å². The first-order valence-electron chi connectivity index (χ1n) is 2.72. The van der Waals surface area contributed by atoms with Crippen molar-refractivity contribution in [2.45, 2.75) is 0 Å². The smallest absolute Gasteiger partial charge is 0.113 e. The van der Waals surface area contributed by atoms with Gasteiger partial charge in [-0.15, -0.1) is 0 Å². The SMILES string of the molecule is BrC=Cc1cccnc1Br. The molecule has 0 aliphatic rings. The van der Waals surface area contributed by atoms with Gasteiger partial charge in [0.05, 0.1) is 0 Å². The number of aromatic nitrogens is 1. The van der Waals surface area contributed by atoms with Crippen molar-refractivity contribution < 1.29 is 0 Å². The highest BCUT2D eigenvalue weighted by atomic mass is 79.9. The second-order valence-electron chi connectivity index (χ2n) is 1.68. The third-order valence-electron chi connectivity index (χ3n) is 1.03. The molecule has 0 unspecified atom stereocenters. The zero-order chi connectivity index (χ0) is 7.40. The summed E-state index contributed by atoms with van der Waals surface area (Å²) in [7, 11) is 0. The van der Waals surface area contributed by atoms with E-state index < -0.39 is 0 Å².